The molecule has 14 nitrogen and oxygen atoms in total. The minimum Gasteiger partial charge on any atom is -0.456 e. The predicted octanol–water partition coefficient (Wildman–Crippen LogP) is 1.74. The summed E-state index contributed by atoms with van der Waals surface area (Å²) >= 11 is 0. The summed E-state index contributed by atoms with van der Waals surface area (Å²) in [5.41, 5.74) is -6.75. The number of hydrogen-bond donors (Lipinski definition) is 4. The van der Waals surface area contributed by atoms with Crippen LogP contribution in [-0.2, 0) is 33.3 Å². The zero-order valence-corrected chi connectivity index (χ0v) is 30.5. The zero-order valence-electron chi connectivity index (χ0n) is 30.5. The Bertz CT molecular complexity index is 1840. The maximum Gasteiger partial charge on any atom is 0.338 e. The molecule has 1 saturated heterocycles. The molecule has 4 aliphatic rings. The van der Waals surface area contributed by atoms with Gasteiger partial charge in [-0.15, -0.1) is 0 Å². The Labute approximate surface area is 307 Å². The van der Waals surface area contributed by atoms with Crippen LogP contribution in [0.5, 0.6) is 0 Å². The fraction of sp³-hybridized carbons (Fsp3) is 0.526. The number of aliphatic hydroxyl groups is 4. The second kappa shape index (κ2) is 13.9. The maximum atomic E-state index is 14.8. The van der Waals surface area contributed by atoms with Crippen molar-refractivity contribution >= 4 is 31.7 Å². The van der Waals surface area contributed by atoms with E-state index in [-0.39, 0.29) is 29.7 Å². The lowest BCUT2D eigenvalue weighted by molar-refractivity contribution is -0.346. The molecule has 3 fully saturated rings. The number of ether oxygens (including phenoxy) is 4. The first-order chi connectivity index (χ1) is 25.0. The highest BCUT2D eigenvalue weighted by Gasteiger charge is 2.78. The van der Waals surface area contributed by atoms with Crippen molar-refractivity contribution in [2.45, 2.75) is 101 Å². The van der Waals surface area contributed by atoms with Crippen molar-refractivity contribution < 1.29 is 58.6 Å². The number of benzene rings is 2. The molecule has 15 heteroatoms. The average Bonchev–Trinajstić information content (AvgIpc) is 3.12. The molecule has 53 heavy (non-hydrogen) atoms. The van der Waals surface area contributed by atoms with Gasteiger partial charge in [0, 0.05) is 25.2 Å². The lowest BCUT2D eigenvalue weighted by Crippen LogP contribution is -2.81. The van der Waals surface area contributed by atoms with E-state index < -0.39 is 101 Å². The number of hydrogen-bond acceptors (Lipinski definition) is 14. The molecule has 282 valence electrons. The predicted molar refractivity (Wildman–Crippen MR) is 188 cm³/mol. The van der Waals surface area contributed by atoms with Crippen LogP contribution in [-0.4, -0.2) is 107 Å². The summed E-state index contributed by atoms with van der Waals surface area (Å²) in [6.45, 7) is 6.99. The van der Waals surface area contributed by atoms with Crippen LogP contribution in [0.1, 0.15) is 69.4 Å². The topological polar surface area (TPSA) is 211 Å². The number of aliphatic hydroxyl groups excluding tert-OH is 3. The fourth-order valence-electron chi connectivity index (χ4n) is 9.20. The van der Waals surface area contributed by atoms with Crippen molar-refractivity contribution in [1.29, 1.82) is 0 Å². The summed E-state index contributed by atoms with van der Waals surface area (Å²) < 4.78 is 24.0. The number of Topliss-reactive ketones (excluding diaryl/α,β-unsaturated/α-hetero) is 1. The number of carbonyl (C=O) groups excluding carboxylic acids is 4. The second-order valence-corrected chi connectivity index (χ2v) is 15.2. The first-order valence-electron chi connectivity index (χ1n) is 17.6. The van der Waals surface area contributed by atoms with Crippen molar-refractivity contribution in [2.75, 3.05) is 6.61 Å². The molecule has 2 aromatic rings. The van der Waals surface area contributed by atoms with Crippen LogP contribution in [0.25, 0.3) is 0 Å². The van der Waals surface area contributed by atoms with Crippen LogP contribution in [0.15, 0.2) is 81.9 Å². The van der Waals surface area contributed by atoms with E-state index in [1.54, 1.807) is 62.4 Å². The van der Waals surface area contributed by atoms with Crippen LogP contribution >= 0.6 is 0 Å². The summed E-state index contributed by atoms with van der Waals surface area (Å²) in [6.07, 6.45) is -10.0. The third kappa shape index (κ3) is 5.93. The highest BCUT2D eigenvalue weighted by atomic mass is 16.6. The van der Waals surface area contributed by atoms with Gasteiger partial charge in [0.05, 0.1) is 29.6 Å². The Balaban J connectivity index is 1.53. The van der Waals surface area contributed by atoms with E-state index in [4.69, 9.17) is 18.9 Å². The van der Waals surface area contributed by atoms with Gasteiger partial charge in [-0.25, -0.2) is 9.59 Å². The standard InChI is InChI=1S/C38H45BN2O12/c1-19-23(51-34(48)29(45)27(40-41-39)21-12-8-6-9-13-21)17-38(49)32(52-33(47)22-14-10-7-11-15-22)30-36(5,31(46)28(44)26(19)35(38,3)4)24(43)16-25-37(30,18-50-25)53-20(2)42/h6-15,23-25,27-30,32,43-45,49H,16-18,39H2,1-5H3/t23-,24-,25+,27-,28+,29+,30-,32-,36+,37-,38+/m0/s1. The lowest BCUT2D eigenvalue weighted by atomic mass is 9.44. The molecular formula is C38H45BN2O12. The largest absolute Gasteiger partial charge is 0.456 e. The molecule has 11 atom stereocenters. The van der Waals surface area contributed by atoms with Gasteiger partial charge in [-0.3, -0.25) is 14.6 Å². The van der Waals surface area contributed by atoms with Gasteiger partial charge < -0.3 is 39.4 Å². The number of rotatable bonds is 8. The normalized spacial score (nSPS) is 35.8. The Hall–Kier alpha value is -4.28. The minimum atomic E-state index is -2.29. The molecule has 4 N–H and O–H groups in total. The number of esters is 3. The highest BCUT2D eigenvalue weighted by Crippen LogP contribution is 2.64. The van der Waals surface area contributed by atoms with E-state index in [2.05, 4.69) is 10.1 Å². The van der Waals surface area contributed by atoms with Gasteiger partial charge >= 0.3 is 17.9 Å². The van der Waals surface area contributed by atoms with Crippen molar-refractivity contribution in [2.24, 2.45) is 26.9 Å². The molecular weight excluding hydrogens is 687 g/mol. The van der Waals surface area contributed by atoms with E-state index >= 15 is 0 Å². The van der Waals surface area contributed by atoms with Crippen LogP contribution in [0, 0.1) is 16.7 Å². The number of carbonyl (C=O) groups is 4. The van der Waals surface area contributed by atoms with Gasteiger partial charge in [0.2, 0.25) is 0 Å². The van der Waals surface area contributed by atoms with E-state index in [9.17, 15) is 39.6 Å². The molecule has 0 radical (unpaired) electrons. The zero-order chi connectivity index (χ0) is 38.7. The molecule has 2 aromatic carbocycles. The molecule has 2 bridgehead atoms. The van der Waals surface area contributed by atoms with Crippen LogP contribution in [0.4, 0.5) is 0 Å². The van der Waals surface area contributed by atoms with Crippen LogP contribution in [0.2, 0.25) is 0 Å². The molecule has 1 heterocycles. The average molecular weight is 733 g/mol. The molecule has 0 spiro atoms. The number of nitrogens with zero attached hydrogens (tertiary/aromatic N) is 2. The van der Waals surface area contributed by atoms with Crippen molar-refractivity contribution in [3.8, 4) is 0 Å². The third-order valence-electron chi connectivity index (χ3n) is 12.1. The highest BCUT2D eigenvalue weighted by molar-refractivity contribution is 6.04. The first kappa shape index (κ1) is 38.4. The van der Waals surface area contributed by atoms with Gasteiger partial charge in [-0.05, 0) is 42.7 Å². The Morgan fingerprint density at radius 3 is 2.19 bits per heavy atom. The fourth-order valence-corrected chi connectivity index (χ4v) is 9.20. The summed E-state index contributed by atoms with van der Waals surface area (Å²) in [4.78, 5) is 55.4. The smallest absolute Gasteiger partial charge is 0.338 e. The summed E-state index contributed by atoms with van der Waals surface area (Å²) in [5, 5.41) is 56.3. The van der Waals surface area contributed by atoms with Gasteiger partial charge in [0.15, 0.2) is 17.5 Å². The molecule has 2 saturated carbocycles. The van der Waals surface area contributed by atoms with Gasteiger partial charge in [-0.2, -0.15) is 5.11 Å². The minimum absolute atomic E-state index is 0.0162. The lowest BCUT2D eigenvalue weighted by Gasteiger charge is -2.67. The van der Waals surface area contributed by atoms with Gasteiger partial charge in [0.25, 0.3) is 7.98 Å². The molecule has 6 rings (SSSR count). The van der Waals surface area contributed by atoms with Crippen LogP contribution in [0.3, 0.4) is 0 Å². The van der Waals surface area contributed by atoms with Crippen LogP contribution < -0.4 is 0 Å². The van der Waals surface area contributed by atoms with Gasteiger partial charge in [-0.1, -0.05) is 62.4 Å². The second-order valence-electron chi connectivity index (χ2n) is 15.2. The monoisotopic (exact) mass is 732 g/mol. The molecule has 0 unspecified atom stereocenters. The molecule has 1 aliphatic heterocycles. The first-order valence-corrected chi connectivity index (χ1v) is 17.6. The molecule has 0 amide bonds. The van der Waals surface area contributed by atoms with Crippen molar-refractivity contribution in [1.82, 2.24) is 0 Å². The van der Waals surface area contributed by atoms with Crippen molar-refractivity contribution in [3.05, 3.63) is 82.9 Å². The Kier molecular flexibility index (Phi) is 10.1. The maximum absolute atomic E-state index is 14.8. The summed E-state index contributed by atoms with van der Waals surface area (Å²) in [6, 6.07) is 15.3. The summed E-state index contributed by atoms with van der Waals surface area (Å²) in [5.74, 6) is -5.12. The van der Waals surface area contributed by atoms with Gasteiger partial charge in [0.1, 0.15) is 36.1 Å². The van der Waals surface area contributed by atoms with Crippen molar-refractivity contribution in [3.63, 3.8) is 0 Å². The number of fused-ring (bicyclic) bond motifs is 5. The molecule has 0 aromatic heterocycles. The van der Waals surface area contributed by atoms with E-state index in [0.717, 1.165) is 0 Å². The third-order valence-corrected chi connectivity index (χ3v) is 12.1. The number of ketones is 1. The van der Waals surface area contributed by atoms with E-state index in [1.165, 1.54) is 40.9 Å². The SMILES string of the molecule is BN=N[C@@H](c1ccccc1)[C@@H](O)C(=O)O[C@H]1C[C@@]2(O)[C@@H](OC(=O)c3ccccc3)[C@@H]3[C@]4(OC(C)=O)CO[C@@H]4C[C@H](O)[C@@]3(C)C(=O)[C@H](O)C(=C1C)C2(C)C. The van der Waals surface area contributed by atoms with E-state index in [0.29, 0.717) is 5.56 Å². The Morgan fingerprint density at radius 1 is 1.00 bits per heavy atom. The molecule has 3 aliphatic carbocycles. The van der Waals surface area contributed by atoms with E-state index in [1.807, 2.05) is 0 Å². The Morgan fingerprint density at radius 2 is 1.62 bits per heavy atom. The quantitative estimate of drug-likeness (QED) is 0.101. The summed E-state index contributed by atoms with van der Waals surface area (Å²) in [7, 11) is 1.39.